The second-order valence-electron chi connectivity index (χ2n) is 13.9. The molecule has 0 unspecified atom stereocenters. The van der Waals surface area contributed by atoms with Crippen LogP contribution < -0.4 is 5.32 Å². The summed E-state index contributed by atoms with van der Waals surface area (Å²) in [6.45, 7) is 11.4. The van der Waals surface area contributed by atoms with Gasteiger partial charge in [-0.15, -0.1) is 11.3 Å². The van der Waals surface area contributed by atoms with Crippen LogP contribution in [0.25, 0.3) is 0 Å². The minimum absolute atomic E-state index is 0.0119. The first-order valence-corrected chi connectivity index (χ1v) is 15.9. The highest BCUT2D eigenvalue weighted by Gasteiger charge is 2.63. The zero-order chi connectivity index (χ0) is 26.7. The monoisotopic (exact) mass is 547 g/mol. The summed E-state index contributed by atoms with van der Waals surface area (Å²) >= 11 is 7.73. The lowest BCUT2D eigenvalue weighted by Crippen LogP contribution is -2.57. The Balaban J connectivity index is 1.28. The SMILES string of the molecule is CC(C)[C@@H](NC(=O)C[C@@H](C)[C@H]1CC[C@H]2[C@@H]3C(=O)C[C@@H]4C[C@H](O)CC[C@]4(C)[C@H]3CC[C@]12C)c1ccc(Cl)s1. The molecule has 4 aliphatic carbocycles. The minimum atomic E-state index is -0.230. The molecule has 206 valence electrons. The number of rotatable bonds is 6. The third-order valence-corrected chi connectivity index (χ3v) is 12.9. The number of aliphatic hydroxyl groups is 1. The van der Waals surface area contributed by atoms with E-state index < -0.39 is 0 Å². The number of carbonyl (C=O) groups excluding carboxylic acids is 2. The normalized spacial score (nSPS) is 41.0. The zero-order valence-corrected chi connectivity index (χ0v) is 24.8. The first-order valence-electron chi connectivity index (χ1n) is 14.7. The van der Waals surface area contributed by atoms with E-state index >= 15 is 0 Å². The van der Waals surface area contributed by atoms with Crippen molar-refractivity contribution in [3.63, 3.8) is 0 Å². The van der Waals surface area contributed by atoms with Crippen LogP contribution in [-0.4, -0.2) is 22.9 Å². The van der Waals surface area contributed by atoms with Gasteiger partial charge in [-0.1, -0.05) is 46.2 Å². The summed E-state index contributed by atoms with van der Waals surface area (Å²) < 4.78 is 0.755. The Morgan fingerprint density at radius 2 is 1.81 bits per heavy atom. The van der Waals surface area contributed by atoms with Crippen molar-refractivity contribution in [2.24, 2.45) is 52.3 Å². The van der Waals surface area contributed by atoms with Crippen LogP contribution in [0.15, 0.2) is 12.1 Å². The van der Waals surface area contributed by atoms with Crippen molar-refractivity contribution in [3.05, 3.63) is 21.3 Å². The molecule has 4 fully saturated rings. The van der Waals surface area contributed by atoms with Gasteiger partial charge < -0.3 is 10.4 Å². The lowest BCUT2D eigenvalue weighted by Gasteiger charge is -2.60. The zero-order valence-electron chi connectivity index (χ0n) is 23.3. The molecule has 0 radical (unpaired) electrons. The van der Waals surface area contributed by atoms with Gasteiger partial charge in [-0.25, -0.2) is 0 Å². The third-order valence-electron chi connectivity index (χ3n) is 11.6. The maximum absolute atomic E-state index is 13.6. The van der Waals surface area contributed by atoms with Gasteiger partial charge in [0.15, 0.2) is 0 Å². The number of nitrogens with one attached hydrogen (secondary N) is 1. The summed E-state index contributed by atoms with van der Waals surface area (Å²) in [6, 6.07) is 3.93. The van der Waals surface area contributed by atoms with Gasteiger partial charge in [-0.2, -0.15) is 0 Å². The van der Waals surface area contributed by atoms with Crippen LogP contribution in [0.2, 0.25) is 4.34 Å². The van der Waals surface area contributed by atoms with Crippen molar-refractivity contribution < 1.29 is 14.7 Å². The average molecular weight is 548 g/mol. The summed E-state index contributed by atoms with van der Waals surface area (Å²) in [5.74, 6) is 3.08. The molecule has 1 aromatic heterocycles. The Bertz CT molecular complexity index is 1020. The maximum atomic E-state index is 13.6. The molecular formula is C31H46ClNO3S. The van der Waals surface area contributed by atoms with Crippen LogP contribution in [0.4, 0.5) is 0 Å². The van der Waals surface area contributed by atoms with E-state index in [1.54, 1.807) is 11.3 Å². The molecular weight excluding hydrogens is 502 g/mol. The molecule has 0 spiro atoms. The number of Topliss-reactive ketones (excluding diaryl/α,β-unsaturated/α-hetero) is 1. The van der Waals surface area contributed by atoms with Crippen molar-refractivity contribution in [3.8, 4) is 0 Å². The second kappa shape index (κ2) is 10.2. The van der Waals surface area contributed by atoms with E-state index in [1.165, 1.54) is 0 Å². The number of amides is 1. The Morgan fingerprint density at radius 1 is 1.11 bits per heavy atom. The highest BCUT2D eigenvalue weighted by atomic mass is 35.5. The van der Waals surface area contributed by atoms with Crippen molar-refractivity contribution in [2.75, 3.05) is 0 Å². The van der Waals surface area contributed by atoms with Gasteiger partial charge in [0.1, 0.15) is 5.78 Å². The van der Waals surface area contributed by atoms with Crippen molar-refractivity contribution >= 4 is 34.6 Å². The first kappa shape index (κ1) is 27.6. The molecule has 4 saturated carbocycles. The predicted octanol–water partition coefficient (Wildman–Crippen LogP) is 7.44. The highest BCUT2D eigenvalue weighted by Crippen LogP contribution is 2.67. The van der Waals surface area contributed by atoms with Gasteiger partial charge in [0, 0.05) is 23.6 Å². The number of hydrogen-bond acceptors (Lipinski definition) is 4. The van der Waals surface area contributed by atoms with E-state index in [-0.39, 0.29) is 40.7 Å². The number of thiophene rings is 1. The molecule has 1 heterocycles. The van der Waals surface area contributed by atoms with Gasteiger partial charge in [0.05, 0.1) is 16.5 Å². The van der Waals surface area contributed by atoms with Gasteiger partial charge in [-0.3, -0.25) is 9.59 Å². The van der Waals surface area contributed by atoms with Crippen molar-refractivity contribution in [1.29, 1.82) is 0 Å². The van der Waals surface area contributed by atoms with Crippen LogP contribution in [-0.2, 0) is 9.59 Å². The molecule has 0 saturated heterocycles. The van der Waals surface area contributed by atoms with E-state index in [1.807, 2.05) is 12.1 Å². The summed E-state index contributed by atoms with van der Waals surface area (Å²) in [6.07, 6.45) is 8.24. The van der Waals surface area contributed by atoms with Gasteiger partial charge in [0.2, 0.25) is 5.91 Å². The lowest BCUT2D eigenvalue weighted by atomic mass is 9.44. The Labute approximate surface area is 232 Å². The van der Waals surface area contributed by atoms with Crippen LogP contribution >= 0.6 is 22.9 Å². The molecule has 6 heteroatoms. The fourth-order valence-electron chi connectivity index (χ4n) is 9.61. The van der Waals surface area contributed by atoms with Gasteiger partial charge in [-0.05, 0) is 103 Å². The molecule has 1 aromatic rings. The second-order valence-corrected chi connectivity index (χ2v) is 15.6. The fraction of sp³-hybridized carbons (Fsp3) is 0.806. The lowest BCUT2D eigenvalue weighted by molar-refractivity contribution is -0.161. The molecule has 5 rings (SSSR count). The summed E-state index contributed by atoms with van der Waals surface area (Å²) in [4.78, 5) is 28.0. The quantitative estimate of drug-likeness (QED) is 0.389. The number of aliphatic hydroxyl groups excluding tert-OH is 1. The van der Waals surface area contributed by atoms with Crippen LogP contribution in [0.5, 0.6) is 0 Å². The fourth-order valence-corrected chi connectivity index (χ4v) is 10.9. The molecule has 37 heavy (non-hydrogen) atoms. The van der Waals surface area contributed by atoms with E-state index in [2.05, 4.69) is 39.9 Å². The van der Waals surface area contributed by atoms with E-state index in [0.717, 1.165) is 54.2 Å². The third kappa shape index (κ3) is 4.84. The standard InChI is InChI=1S/C31H46ClNO3S/c1-17(2)29(25-8-9-26(32)37-25)33-27(36)14-18(3)21-6-7-22-28-23(11-13-31(21,22)5)30(4)12-10-20(34)15-19(30)16-24(28)35/h8-9,17-23,28-29,34H,6-7,10-16H2,1-5H3,(H,33,36)/t18-,19+,20-,21-,22+,23+,28+,29-,30+,31-/m1/s1. The molecule has 0 aromatic carbocycles. The van der Waals surface area contributed by atoms with Crippen LogP contribution in [0.3, 0.4) is 0 Å². The molecule has 4 nitrogen and oxygen atoms in total. The van der Waals surface area contributed by atoms with E-state index in [0.29, 0.717) is 48.2 Å². The Morgan fingerprint density at radius 3 is 2.49 bits per heavy atom. The maximum Gasteiger partial charge on any atom is 0.220 e. The summed E-state index contributed by atoms with van der Waals surface area (Å²) in [5.41, 5.74) is 0.325. The van der Waals surface area contributed by atoms with Crippen LogP contribution in [0, 0.1) is 52.3 Å². The highest BCUT2D eigenvalue weighted by molar-refractivity contribution is 7.16. The van der Waals surface area contributed by atoms with Crippen molar-refractivity contribution in [1.82, 2.24) is 5.32 Å². The number of carbonyl (C=O) groups is 2. The number of fused-ring (bicyclic) bond motifs is 5. The number of ketones is 1. The molecule has 10 atom stereocenters. The van der Waals surface area contributed by atoms with Crippen molar-refractivity contribution in [2.45, 2.75) is 105 Å². The smallest absolute Gasteiger partial charge is 0.220 e. The number of halogens is 1. The largest absolute Gasteiger partial charge is 0.393 e. The predicted molar refractivity (Wildman–Crippen MR) is 150 cm³/mol. The molecule has 0 aliphatic heterocycles. The minimum Gasteiger partial charge on any atom is -0.393 e. The molecule has 2 N–H and O–H groups in total. The van der Waals surface area contributed by atoms with Gasteiger partial charge in [0.25, 0.3) is 0 Å². The van der Waals surface area contributed by atoms with Crippen LogP contribution in [0.1, 0.15) is 103 Å². The average Bonchev–Trinajstić information content (AvgIpc) is 3.41. The molecule has 4 aliphatic rings. The Hall–Kier alpha value is -0.910. The van der Waals surface area contributed by atoms with Gasteiger partial charge >= 0.3 is 0 Å². The topological polar surface area (TPSA) is 66.4 Å². The first-order chi connectivity index (χ1) is 17.4. The Kier molecular flexibility index (Phi) is 7.66. The molecule has 0 bridgehead atoms. The number of hydrogen-bond donors (Lipinski definition) is 2. The summed E-state index contributed by atoms with van der Waals surface area (Å²) in [5, 5.41) is 13.6. The van der Waals surface area contributed by atoms with E-state index in [4.69, 9.17) is 11.6 Å². The molecule has 1 amide bonds. The summed E-state index contributed by atoms with van der Waals surface area (Å²) in [7, 11) is 0. The van der Waals surface area contributed by atoms with E-state index in [9.17, 15) is 14.7 Å².